The molecule has 0 aromatic rings. The molecule has 2 nitrogen and oxygen atoms in total. The van der Waals surface area contributed by atoms with Crippen LogP contribution in [0.5, 0.6) is 0 Å². The quantitative estimate of drug-likeness (QED) is 0.668. The van der Waals surface area contributed by atoms with Crippen LogP contribution in [0.3, 0.4) is 0 Å². The van der Waals surface area contributed by atoms with Gasteiger partial charge >= 0.3 is 0 Å². The molecule has 0 bridgehead atoms. The average molecular weight is 187 g/mol. The fraction of sp³-hybridized carbons (Fsp3) is 1.00. The lowest BCUT2D eigenvalue weighted by molar-refractivity contribution is -0.0340. The third-order valence-corrected chi connectivity index (χ3v) is 4.56. The molecule has 0 radical (unpaired) electrons. The van der Waals surface area contributed by atoms with E-state index in [1.807, 2.05) is 0 Å². The minimum Gasteiger partial charge on any atom is -0.381 e. The minimum absolute atomic E-state index is 0.456. The van der Waals surface area contributed by atoms with Crippen LogP contribution in [-0.4, -0.2) is 31.3 Å². The summed E-state index contributed by atoms with van der Waals surface area (Å²) in [4.78, 5) is 0. The fourth-order valence-electron chi connectivity index (χ4n) is 2.35. The maximum atomic E-state index is 5.79. The standard InChI is InChI=1S/C9H17NOS/c10-5-8-1-3-11-6-9(8)2-4-12-7-9/h8H,1-7,10H2. The van der Waals surface area contributed by atoms with Gasteiger partial charge in [0.25, 0.3) is 0 Å². The van der Waals surface area contributed by atoms with Crippen molar-refractivity contribution in [3.8, 4) is 0 Å². The molecule has 70 valence electrons. The van der Waals surface area contributed by atoms with Gasteiger partial charge in [-0.3, -0.25) is 0 Å². The lowest BCUT2D eigenvalue weighted by Gasteiger charge is -2.40. The number of hydrogen-bond acceptors (Lipinski definition) is 3. The van der Waals surface area contributed by atoms with Gasteiger partial charge in [-0.05, 0) is 31.1 Å². The summed E-state index contributed by atoms with van der Waals surface area (Å²) in [6, 6.07) is 0. The molecule has 2 atom stereocenters. The van der Waals surface area contributed by atoms with Crippen molar-refractivity contribution in [3.05, 3.63) is 0 Å². The van der Waals surface area contributed by atoms with Crippen LogP contribution in [0.15, 0.2) is 0 Å². The Kier molecular flexibility index (Phi) is 2.63. The third-order valence-electron chi connectivity index (χ3n) is 3.28. The van der Waals surface area contributed by atoms with Gasteiger partial charge < -0.3 is 10.5 Å². The summed E-state index contributed by atoms with van der Waals surface area (Å²) in [5.41, 5.74) is 6.25. The molecule has 0 saturated carbocycles. The van der Waals surface area contributed by atoms with Crippen LogP contribution in [0.2, 0.25) is 0 Å². The number of ether oxygens (including phenoxy) is 1. The Morgan fingerprint density at radius 3 is 3.17 bits per heavy atom. The molecular formula is C9H17NOS. The van der Waals surface area contributed by atoms with Crippen LogP contribution in [0.25, 0.3) is 0 Å². The van der Waals surface area contributed by atoms with Gasteiger partial charge in [0.1, 0.15) is 0 Å². The van der Waals surface area contributed by atoms with E-state index in [0.29, 0.717) is 5.41 Å². The van der Waals surface area contributed by atoms with E-state index < -0.39 is 0 Å². The Hall–Kier alpha value is 0.270. The van der Waals surface area contributed by atoms with Crippen molar-refractivity contribution in [2.24, 2.45) is 17.1 Å². The highest BCUT2D eigenvalue weighted by Crippen LogP contribution is 2.45. The van der Waals surface area contributed by atoms with Crippen molar-refractivity contribution in [3.63, 3.8) is 0 Å². The topological polar surface area (TPSA) is 35.2 Å². The summed E-state index contributed by atoms with van der Waals surface area (Å²) in [6.45, 7) is 2.74. The van der Waals surface area contributed by atoms with E-state index in [1.54, 1.807) is 0 Å². The van der Waals surface area contributed by atoms with Crippen LogP contribution in [0, 0.1) is 11.3 Å². The molecule has 1 spiro atoms. The van der Waals surface area contributed by atoms with Gasteiger partial charge in [-0.15, -0.1) is 0 Å². The zero-order chi connectivity index (χ0) is 8.44. The number of rotatable bonds is 1. The molecular weight excluding hydrogens is 170 g/mol. The first-order valence-electron chi connectivity index (χ1n) is 4.73. The monoisotopic (exact) mass is 187 g/mol. The Morgan fingerprint density at radius 2 is 2.50 bits per heavy atom. The van der Waals surface area contributed by atoms with Gasteiger partial charge in [0.05, 0.1) is 6.61 Å². The zero-order valence-corrected chi connectivity index (χ0v) is 8.24. The summed E-state index contributed by atoms with van der Waals surface area (Å²) < 4.78 is 5.57. The Morgan fingerprint density at radius 1 is 1.58 bits per heavy atom. The van der Waals surface area contributed by atoms with Crippen LogP contribution in [0.1, 0.15) is 12.8 Å². The first kappa shape index (κ1) is 8.85. The highest BCUT2D eigenvalue weighted by molar-refractivity contribution is 7.99. The molecule has 12 heavy (non-hydrogen) atoms. The lowest BCUT2D eigenvalue weighted by atomic mass is 9.73. The largest absolute Gasteiger partial charge is 0.381 e. The second kappa shape index (κ2) is 3.56. The predicted molar refractivity (Wildman–Crippen MR) is 52.4 cm³/mol. The molecule has 0 amide bonds. The van der Waals surface area contributed by atoms with Gasteiger partial charge in [0.2, 0.25) is 0 Å². The summed E-state index contributed by atoms with van der Waals surface area (Å²) >= 11 is 2.06. The molecule has 2 aliphatic heterocycles. The molecule has 2 unspecified atom stereocenters. The molecule has 0 aromatic heterocycles. The van der Waals surface area contributed by atoms with Crippen molar-refractivity contribution >= 4 is 11.8 Å². The summed E-state index contributed by atoms with van der Waals surface area (Å²) in [5.74, 6) is 3.30. The van der Waals surface area contributed by atoms with Gasteiger partial charge in [-0.2, -0.15) is 11.8 Å². The number of nitrogens with two attached hydrogens (primary N) is 1. The highest BCUT2D eigenvalue weighted by atomic mass is 32.2. The van der Waals surface area contributed by atoms with Crippen LogP contribution < -0.4 is 5.73 Å². The van der Waals surface area contributed by atoms with E-state index >= 15 is 0 Å². The third kappa shape index (κ3) is 1.38. The highest BCUT2D eigenvalue weighted by Gasteiger charge is 2.43. The van der Waals surface area contributed by atoms with Gasteiger partial charge in [0.15, 0.2) is 0 Å². The van der Waals surface area contributed by atoms with Crippen LogP contribution >= 0.6 is 11.8 Å². The van der Waals surface area contributed by atoms with Crippen molar-refractivity contribution in [1.29, 1.82) is 0 Å². The minimum atomic E-state index is 0.456. The van der Waals surface area contributed by atoms with Crippen molar-refractivity contribution < 1.29 is 4.74 Å². The molecule has 2 aliphatic rings. The molecule has 2 fully saturated rings. The molecule has 0 aliphatic carbocycles. The predicted octanol–water partition coefficient (Wildman–Crippen LogP) is 1.10. The van der Waals surface area contributed by atoms with Crippen molar-refractivity contribution in [2.45, 2.75) is 12.8 Å². The smallest absolute Gasteiger partial charge is 0.0533 e. The Bertz CT molecular complexity index is 157. The normalized spacial score (nSPS) is 42.2. The van der Waals surface area contributed by atoms with Gasteiger partial charge in [0, 0.05) is 17.8 Å². The number of hydrogen-bond donors (Lipinski definition) is 1. The van der Waals surface area contributed by atoms with Crippen molar-refractivity contribution in [1.82, 2.24) is 0 Å². The fourth-order valence-corrected chi connectivity index (χ4v) is 3.92. The van der Waals surface area contributed by atoms with E-state index in [1.165, 1.54) is 24.3 Å². The molecule has 2 N–H and O–H groups in total. The number of thioether (sulfide) groups is 1. The second-order valence-corrected chi connectivity index (χ2v) is 5.04. The van der Waals surface area contributed by atoms with Crippen LogP contribution in [0.4, 0.5) is 0 Å². The molecule has 2 heterocycles. The maximum absolute atomic E-state index is 5.79. The summed E-state index contributed by atoms with van der Waals surface area (Å²) in [7, 11) is 0. The molecule has 2 saturated heterocycles. The molecule has 2 rings (SSSR count). The first-order chi connectivity index (χ1) is 5.87. The van der Waals surface area contributed by atoms with E-state index in [9.17, 15) is 0 Å². The van der Waals surface area contributed by atoms with E-state index in [-0.39, 0.29) is 0 Å². The van der Waals surface area contributed by atoms with Gasteiger partial charge in [-0.1, -0.05) is 0 Å². The SMILES string of the molecule is NCC1CCOCC12CCSC2. The second-order valence-electron chi connectivity index (χ2n) is 3.94. The maximum Gasteiger partial charge on any atom is 0.0533 e. The first-order valence-corrected chi connectivity index (χ1v) is 5.88. The lowest BCUT2D eigenvalue weighted by Crippen LogP contribution is -2.43. The van der Waals surface area contributed by atoms with Gasteiger partial charge in [-0.25, -0.2) is 0 Å². The summed E-state index contributed by atoms with van der Waals surface area (Å²) in [5, 5.41) is 0. The average Bonchev–Trinajstić information content (AvgIpc) is 2.55. The van der Waals surface area contributed by atoms with E-state index in [4.69, 9.17) is 10.5 Å². The summed E-state index contributed by atoms with van der Waals surface area (Å²) in [6.07, 6.45) is 2.50. The Balaban J connectivity index is 2.07. The Labute approximate surface area is 78.2 Å². The van der Waals surface area contributed by atoms with E-state index in [2.05, 4.69) is 11.8 Å². The molecule has 0 aromatic carbocycles. The molecule has 3 heteroatoms. The van der Waals surface area contributed by atoms with E-state index in [0.717, 1.165) is 25.7 Å². The zero-order valence-electron chi connectivity index (χ0n) is 7.42. The van der Waals surface area contributed by atoms with Crippen molar-refractivity contribution in [2.75, 3.05) is 31.3 Å². The van der Waals surface area contributed by atoms with Crippen LogP contribution in [-0.2, 0) is 4.74 Å².